The van der Waals surface area contributed by atoms with Crippen LogP contribution < -0.4 is 0 Å². The molecule has 3 rings (SSSR count). The van der Waals surface area contributed by atoms with Gasteiger partial charge in [0.05, 0.1) is 6.10 Å². The molecular formula is C22H29NO2. The lowest BCUT2D eigenvalue weighted by molar-refractivity contribution is 0.0618. The minimum Gasteiger partial charge on any atom is -0.508 e. The number of aromatic hydroxyl groups is 1. The first-order valence-corrected chi connectivity index (χ1v) is 9.38. The summed E-state index contributed by atoms with van der Waals surface area (Å²) < 4.78 is 0. The van der Waals surface area contributed by atoms with Crippen molar-refractivity contribution in [1.29, 1.82) is 0 Å². The highest BCUT2D eigenvalue weighted by Gasteiger charge is 2.41. The molecule has 0 saturated carbocycles. The standard InChI is InChI=1S/C22H29NO2/c1-2-22(19-10-6-11-20(24)16-19)17-23(14-7-12-21(22)25)15-13-18-8-4-3-5-9-18/h3-6,8-11,16,21,24-25H,2,7,12-15,17H2,1H3. The third kappa shape index (κ3) is 4.05. The fourth-order valence-corrected chi connectivity index (χ4v) is 4.14. The Morgan fingerprint density at radius 2 is 1.92 bits per heavy atom. The molecule has 0 spiro atoms. The van der Waals surface area contributed by atoms with Gasteiger partial charge in [-0.25, -0.2) is 0 Å². The van der Waals surface area contributed by atoms with Crippen LogP contribution in [-0.2, 0) is 11.8 Å². The van der Waals surface area contributed by atoms with Gasteiger partial charge in [-0.15, -0.1) is 0 Å². The number of phenolic OH excluding ortho intramolecular Hbond substituents is 1. The van der Waals surface area contributed by atoms with Gasteiger partial charge in [-0.05, 0) is 55.5 Å². The Labute approximate surface area is 150 Å². The molecule has 0 aromatic heterocycles. The summed E-state index contributed by atoms with van der Waals surface area (Å²) in [7, 11) is 0. The average molecular weight is 339 g/mol. The molecule has 0 amide bonds. The van der Waals surface area contributed by atoms with Crippen LogP contribution in [0.1, 0.15) is 37.3 Å². The van der Waals surface area contributed by atoms with Crippen molar-refractivity contribution in [3.05, 3.63) is 65.7 Å². The molecule has 3 heteroatoms. The zero-order valence-corrected chi connectivity index (χ0v) is 15.1. The van der Waals surface area contributed by atoms with E-state index in [1.807, 2.05) is 18.2 Å². The van der Waals surface area contributed by atoms with Crippen molar-refractivity contribution in [2.45, 2.75) is 44.1 Å². The van der Waals surface area contributed by atoms with Gasteiger partial charge in [0.25, 0.3) is 0 Å². The van der Waals surface area contributed by atoms with E-state index in [2.05, 4.69) is 42.2 Å². The molecule has 25 heavy (non-hydrogen) atoms. The van der Waals surface area contributed by atoms with E-state index in [4.69, 9.17) is 0 Å². The lowest BCUT2D eigenvalue weighted by atomic mass is 9.72. The predicted molar refractivity (Wildman–Crippen MR) is 102 cm³/mol. The van der Waals surface area contributed by atoms with E-state index in [1.54, 1.807) is 6.07 Å². The summed E-state index contributed by atoms with van der Waals surface area (Å²) in [5.41, 5.74) is 2.09. The van der Waals surface area contributed by atoms with Gasteiger partial charge in [0.2, 0.25) is 0 Å². The van der Waals surface area contributed by atoms with Crippen LogP contribution in [0, 0.1) is 0 Å². The van der Waals surface area contributed by atoms with Gasteiger partial charge in [0.1, 0.15) is 5.75 Å². The number of aliphatic hydroxyl groups excluding tert-OH is 1. The van der Waals surface area contributed by atoms with Crippen molar-refractivity contribution in [3.63, 3.8) is 0 Å². The van der Waals surface area contributed by atoms with Gasteiger partial charge in [-0.2, -0.15) is 0 Å². The van der Waals surface area contributed by atoms with E-state index >= 15 is 0 Å². The Hall–Kier alpha value is -1.84. The number of phenols is 1. The molecule has 3 nitrogen and oxygen atoms in total. The summed E-state index contributed by atoms with van der Waals surface area (Å²) in [6.45, 7) is 5.00. The second-order valence-electron chi connectivity index (χ2n) is 7.23. The van der Waals surface area contributed by atoms with Gasteiger partial charge in [0.15, 0.2) is 0 Å². The van der Waals surface area contributed by atoms with Crippen molar-refractivity contribution in [3.8, 4) is 5.75 Å². The number of hydrogen-bond donors (Lipinski definition) is 2. The van der Waals surface area contributed by atoms with E-state index in [0.29, 0.717) is 0 Å². The predicted octanol–water partition coefficient (Wildman–Crippen LogP) is 3.74. The van der Waals surface area contributed by atoms with Crippen molar-refractivity contribution >= 4 is 0 Å². The van der Waals surface area contributed by atoms with Crippen LogP contribution in [0.3, 0.4) is 0 Å². The van der Waals surface area contributed by atoms with Gasteiger partial charge < -0.3 is 15.1 Å². The molecule has 134 valence electrons. The SMILES string of the molecule is CCC1(c2cccc(O)c2)CN(CCc2ccccc2)CCCC1O. The van der Waals surface area contributed by atoms with Crippen molar-refractivity contribution in [1.82, 2.24) is 4.90 Å². The zero-order valence-electron chi connectivity index (χ0n) is 15.1. The van der Waals surface area contributed by atoms with Crippen LogP contribution >= 0.6 is 0 Å². The highest BCUT2D eigenvalue weighted by Crippen LogP contribution is 2.38. The topological polar surface area (TPSA) is 43.7 Å². The number of hydrogen-bond acceptors (Lipinski definition) is 3. The third-order valence-electron chi connectivity index (χ3n) is 5.71. The van der Waals surface area contributed by atoms with E-state index < -0.39 is 0 Å². The molecule has 1 heterocycles. The first-order chi connectivity index (χ1) is 12.1. The molecule has 1 saturated heterocycles. The lowest BCUT2D eigenvalue weighted by Crippen LogP contribution is -2.47. The van der Waals surface area contributed by atoms with Crippen molar-refractivity contribution < 1.29 is 10.2 Å². The summed E-state index contributed by atoms with van der Waals surface area (Å²) in [6, 6.07) is 18.0. The summed E-state index contributed by atoms with van der Waals surface area (Å²) >= 11 is 0. The maximum Gasteiger partial charge on any atom is 0.115 e. The summed E-state index contributed by atoms with van der Waals surface area (Å²) in [5, 5.41) is 20.9. The largest absolute Gasteiger partial charge is 0.508 e. The maximum atomic E-state index is 10.9. The fraction of sp³-hybridized carbons (Fsp3) is 0.455. The van der Waals surface area contributed by atoms with Gasteiger partial charge in [0, 0.05) is 18.5 Å². The van der Waals surface area contributed by atoms with E-state index in [0.717, 1.165) is 50.9 Å². The summed E-state index contributed by atoms with van der Waals surface area (Å²) in [4.78, 5) is 2.48. The Kier molecular flexibility index (Phi) is 5.77. The van der Waals surface area contributed by atoms with Gasteiger partial charge in [-0.3, -0.25) is 0 Å². The molecule has 1 aliphatic rings. The average Bonchev–Trinajstić information content (AvgIpc) is 2.80. The van der Waals surface area contributed by atoms with Crippen molar-refractivity contribution in [2.24, 2.45) is 0 Å². The Morgan fingerprint density at radius 1 is 1.12 bits per heavy atom. The normalized spacial score (nSPS) is 24.8. The van der Waals surface area contributed by atoms with Crippen LogP contribution in [0.2, 0.25) is 0 Å². The molecule has 2 aromatic rings. The number of nitrogens with zero attached hydrogens (tertiary/aromatic N) is 1. The number of benzene rings is 2. The zero-order chi connectivity index (χ0) is 17.7. The monoisotopic (exact) mass is 339 g/mol. The van der Waals surface area contributed by atoms with Crippen LogP contribution in [0.5, 0.6) is 5.75 Å². The minimum atomic E-state index is -0.374. The minimum absolute atomic E-state index is 0.276. The second-order valence-corrected chi connectivity index (χ2v) is 7.23. The maximum absolute atomic E-state index is 10.9. The molecular weight excluding hydrogens is 310 g/mol. The fourth-order valence-electron chi connectivity index (χ4n) is 4.14. The number of likely N-dealkylation sites (tertiary alicyclic amines) is 1. The summed E-state index contributed by atoms with van der Waals surface area (Å²) in [6.07, 6.45) is 3.33. The quantitative estimate of drug-likeness (QED) is 0.872. The Morgan fingerprint density at radius 3 is 2.64 bits per heavy atom. The van der Waals surface area contributed by atoms with Crippen LogP contribution in [0.4, 0.5) is 0 Å². The molecule has 2 unspecified atom stereocenters. The van der Waals surface area contributed by atoms with Crippen LogP contribution in [0.25, 0.3) is 0 Å². The van der Waals surface area contributed by atoms with E-state index in [-0.39, 0.29) is 17.3 Å². The molecule has 0 aliphatic carbocycles. The molecule has 2 atom stereocenters. The lowest BCUT2D eigenvalue weighted by Gasteiger charge is -2.39. The first-order valence-electron chi connectivity index (χ1n) is 9.38. The molecule has 0 bridgehead atoms. The Balaban J connectivity index is 1.81. The Bertz CT molecular complexity index is 673. The number of aliphatic hydroxyl groups is 1. The summed E-state index contributed by atoms with van der Waals surface area (Å²) in [5.74, 6) is 0.276. The molecule has 2 aromatic carbocycles. The van der Waals surface area contributed by atoms with E-state index in [9.17, 15) is 10.2 Å². The van der Waals surface area contributed by atoms with Crippen LogP contribution in [0.15, 0.2) is 54.6 Å². The molecule has 1 aliphatic heterocycles. The molecule has 1 fully saturated rings. The van der Waals surface area contributed by atoms with Crippen molar-refractivity contribution in [2.75, 3.05) is 19.6 Å². The smallest absolute Gasteiger partial charge is 0.115 e. The number of rotatable bonds is 5. The van der Waals surface area contributed by atoms with Gasteiger partial charge in [-0.1, -0.05) is 49.4 Å². The molecule has 0 radical (unpaired) electrons. The molecule has 2 N–H and O–H groups in total. The highest BCUT2D eigenvalue weighted by atomic mass is 16.3. The van der Waals surface area contributed by atoms with Gasteiger partial charge >= 0.3 is 0 Å². The van der Waals surface area contributed by atoms with E-state index in [1.165, 1.54) is 5.56 Å². The third-order valence-corrected chi connectivity index (χ3v) is 5.71. The van der Waals surface area contributed by atoms with Crippen LogP contribution in [-0.4, -0.2) is 40.9 Å². The second kappa shape index (κ2) is 8.03. The first kappa shape index (κ1) is 18.0. The highest BCUT2D eigenvalue weighted by molar-refractivity contribution is 5.35.